The second-order valence-electron chi connectivity index (χ2n) is 5.38. The van der Waals surface area contributed by atoms with Crippen molar-refractivity contribution >= 4 is 17.4 Å². The summed E-state index contributed by atoms with van der Waals surface area (Å²) in [4.78, 5) is 9.20. The van der Waals surface area contributed by atoms with Gasteiger partial charge in [0.2, 0.25) is 0 Å². The number of rotatable bonds is 1. The van der Waals surface area contributed by atoms with E-state index in [1.807, 2.05) is 25.1 Å². The molecule has 0 saturated heterocycles. The van der Waals surface area contributed by atoms with Crippen LogP contribution >= 0.6 is 11.6 Å². The average molecular weight is 288 g/mol. The Labute approximate surface area is 124 Å². The smallest absolute Gasteiger partial charge is 0.161 e. The SMILES string of the molecule is Cc1ccc(-c2nc(N)c3c(n2)CCCCC3)cc1Cl. The lowest BCUT2D eigenvalue weighted by atomic mass is 10.1. The number of aryl methyl sites for hydroxylation is 2. The normalized spacial score (nSPS) is 14.7. The van der Waals surface area contributed by atoms with E-state index in [4.69, 9.17) is 22.3 Å². The molecule has 0 aliphatic heterocycles. The van der Waals surface area contributed by atoms with E-state index in [0.717, 1.165) is 40.2 Å². The van der Waals surface area contributed by atoms with E-state index in [-0.39, 0.29) is 0 Å². The van der Waals surface area contributed by atoms with Crippen molar-refractivity contribution in [3.63, 3.8) is 0 Å². The molecule has 104 valence electrons. The zero-order valence-electron chi connectivity index (χ0n) is 11.6. The molecule has 0 amide bonds. The molecule has 0 bridgehead atoms. The monoisotopic (exact) mass is 287 g/mol. The summed E-state index contributed by atoms with van der Waals surface area (Å²) in [5.74, 6) is 1.31. The van der Waals surface area contributed by atoms with E-state index in [2.05, 4.69) is 4.98 Å². The van der Waals surface area contributed by atoms with Crippen LogP contribution in [0.5, 0.6) is 0 Å². The van der Waals surface area contributed by atoms with Gasteiger partial charge < -0.3 is 5.73 Å². The number of halogens is 1. The van der Waals surface area contributed by atoms with Crippen molar-refractivity contribution in [2.24, 2.45) is 0 Å². The van der Waals surface area contributed by atoms with Crippen LogP contribution in [0, 0.1) is 6.92 Å². The Balaban J connectivity index is 2.08. The van der Waals surface area contributed by atoms with Crippen molar-refractivity contribution < 1.29 is 0 Å². The van der Waals surface area contributed by atoms with Gasteiger partial charge in [-0.3, -0.25) is 0 Å². The Morgan fingerprint density at radius 1 is 1.10 bits per heavy atom. The van der Waals surface area contributed by atoms with Crippen molar-refractivity contribution in [1.29, 1.82) is 0 Å². The molecule has 1 aromatic carbocycles. The fraction of sp³-hybridized carbons (Fsp3) is 0.375. The third-order valence-electron chi connectivity index (χ3n) is 3.90. The third-order valence-corrected chi connectivity index (χ3v) is 4.30. The molecule has 0 radical (unpaired) electrons. The fourth-order valence-electron chi connectivity index (χ4n) is 2.66. The maximum Gasteiger partial charge on any atom is 0.161 e. The number of benzene rings is 1. The number of nitrogens with two attached hydrogens (primary N) is 1. The van der Waals surface area contributed by atoms with Crippen molar-refractivity contribution in [1.82, 2.24) is 9.97 Å². The molecular weight excluding hydrogens is 270 g/mol. The van der Waals surface area contributed by atoms with Crippen molar-refractivity contribution in [3.05, 3.63) is 40.0 Å². The van der Waals surface area contributed by atoms with Crippen molar-refractivity contribution in [2.45, 2.75) is 39.0 Å². The van der Waals surface area contributed by atoms with Gasteiger partial charge in [-0.1, -0.05) is 30.2 Å². The van der Waals surface area contributed by atoms with Crippen LogP contribution in [0.4, 0.5) is 5.82 Å². The first-order valence-corrected chi connectivity index (χ1v) is 7.45. The lowest BCUT2D eigenvalue weighted by Gasteiger charge is -2.11. The predicted molar refractivity (Wildman–Crippen MR) is 82.9 cm³/mol. The van der Waals surface area contributed by atoms with Crippen LogP contribution in [0.25, 0.3) is 11.4 Å². The summed E-state index contributed by atoms with van der Waals surface area (Å²) in [6, 6.07) is 5.90. The molecule has 20 heavy (non-hydrogen) atoms. The standard InChI is InChI=1S/C16H18ClN3/c1-10-7-8-11(9-13(10)17)16-19-14-6-4-2-3-5-12(14)15(18)20-16/h7-9H,2-6H2,1H3,(H2,18,19,20). The summed E-state index contributed by atoms with van der Waals surface area (Å²) in [6.45, 7) is 1.98. The molecule has 1 aliphatic rings. The minimum Gasteiger partial charge on any atom is -0.383 e. The Morgan fingerprint density at radius 3 is 2.70 bits per heavy atom. The third kappa shape index (κ3) is 2.50. The zero-order valence-corrected chi connectivity index (χ0v) is 12.4. The summed E-state index contributed by atoms with van der Waals surface area (Å²) in [5.41, 5.74) is 10.4. The Bertz CT molecular complexity index is 652. The summed E-state index contributed by atoms with van der Waals surface area (Å²) < 4.78 is 0. The first-order valence-electron chi connectivity index (χ1n) is 7.07. The molecule has 1 aliphatic carbocycles. The number of hydrogen-bond donors (Lipinski definition) is 1. The zero-order chi connectivity index (χ0) is 14.1. The molecule has 0 saturated carbocycles. The minimum atomic E-state index is 0.628. The van der Waals surface area contributed by atoms with Gasteiger partial charge in [-0.05, 0) is 44.2 Å². The van der Waals surface area contributed by atoms with Crippen LogP contribution in [0.2, 0.25) is 5.02 Å². The van der Waals surface area contributed by atoms with Crippen LogP contribution in [0.1, 0.15) is 36.1 Å². The van der Waals surface area contributed by atoms with Crippen molar-refractivity contribution in [3.8, 4) is 11.4 Å². The van der Waals surface area contributed by atoms with Gasteiger partial charge in [-0.25, -0.2) is 9.97 Å². The molecule has 3 rings (SSSR count). The minimum absolute atomic E-state index is 0.628. The quantitative estimate of drug-likeness (QED) is 0.808. The molecular formula is C16H18ClN3. The molecule has 3 nitrogen and oxygen atoms in total. The number of anilines is 1. The predicted octanol–water partition coefficient (Wildman–Crippen LogP) is 3.96. The average Bonchev–Trinajstić information content (AvgIpc) is 2.67. The van der Waals surface area contributed by atoms with Crippen LogP contribution in [0.15, 0.2) is 18.2 Å². The van der Waals surface area contributed by atoms with E-state index >= 15 is 0 Å². The maximum absolute atomic E-state index is 6.19. The van der Waals surface area contributed by atoms with E-state index in [9.17, 15) is 0 Å². The summed E-state index contributed by atoms with van der Waals surface area (Å²) in [6.07, 6.45) is 5.58. The topological polar surface area (TPSA) is 51.8 Å². The second kappa shape index (κ2) is 5.41. The van der Waals surface area contributed by atoms with Gasteiger partial charge in [0.15, 0.2) is 5.82 Å². The van der Waals surface area contributed by atoms with Crippen LogP contribution in [-0.4, -0.2) is 9.97 Å². The number of aromatic nitrogens is 2. The first-order chi connectivity index (χ1) is 9.65. The van der Waals surface area contributed by atoms with Crippen molar-refractivity contribution in [2.75, 3.05) is 5.73 Å². The molecule has 0 fully saturated rings. The molecule has 1 aromatic heterocycles. The Hall–Kier alpha value is -1.61. The number of nitrogens with zero attached hydrogens (tertiary/aromatic N) is 2. The first kappa shape index (κ1) is 13.4. The highest BCUT2D eigenvalue weighted by atomic mass is 35.5. The summed E-state index contributed by atoms with van der Waals surface area (Å²) in [7, 11) is 0. The molecule has 2 N–H and O–H groups in total. The lowest BCUT2D eigenvalue weighted by Crippen LogP contribution is -2.06. The van der Waals surface area contributed by atoms with Gasteiger partial charge in [-0.15, -0.1) is 0 Å². The van der Waals surface area contributed by atoms with Gasteiger partial charge in [0, 0.05) is 21.8 Å². The van der Waals surface area contributed by atoms with Crippen LogP contribution in [0.3, 0.4) is 0 Å². The second-order valence-corrected chi connectivity index (χ2v) is 5.79. The number of hydrogen-bond acceptors (Lipinski definition) is 3. The molecule has 4 heteroatoms. The largest absolute Gasteiger partial charge is 0.383 e. The van der Waals surface area contributed by atoms with Gasteiger partial charge in [0.25, 0.3) is 0 Å². The van der Waals surface area contributed by atoms with Gasteiger partial charge in [0.05, 0.1) is 0 Å². The van der Waals surface area contributed by atoms with Gasteiger partial charge in [-0.2, -0.15) is 0 Å². The summed E-state index contributed by atoms with van der Waals surface area (Å²) in [5, 5.41) is 0.736. The highest BCUT2D eigenvalue weighted by Crippen LogP contribution is 2.28. The molecule has 1 heterocycles. The molecule has 0 spiro atoms. The summed E-state index contributed by atoms with van der Waals surface area (Å²) >= 11 is 6.19. The Morgan fingerprint density at radius 2 is 1.90 bits per heavy atom. The number of nitrogen functional groups attached to an aromatic ring is 1. The van der Waals surface area contributed by atoms with Gasteiger partial charge in [0.1, 0.15) is 5.82 Å². The molecule has 2 aromatic rings. The highest BCUT2D eigenvalue weighted by molar-refractivity contribution is 6.31. The van der Waals surface area contributed by atoms with E-state index in [1.54, 1.807) is 0 Å². The molecule has 0 atom stereocenters. The van der Waals surface area contributed by atoms with Crippen LogP contribution < -0.4 is 5.73 Å². The van der Waals surface area contributed by atoms with E-state index in [0.29, 0.717) is 11.6 Å². The number of fused-ring (bicyclic) bond motifs is 1. The molecule has 0 unspecified atom stereocenters. The fourth-order valence-corrected chi connectivity index (χ4v) is 2.84. The highest BCUT2D eigenvalue weighted by Gasteiger charge is 2.16. The van der Waals surface area contributed by atoms with Gasteiger partial charge >= 0.3 is 0 Å². The van der Waals surface area contributed by atoms with E-state index in [1.165, 1.54) is 19.3 Å². The van der Waals surface area contributed by atoms with E-state index < -0.39 is 0 Å². The maximum atomic E-state index is 6.19. The Kier molecular flexibility index (Phi) is 3.62. The lowest BCUT2D eigenvalue weighted by molar-refractivity contribution is 0.709. The van der Waals surface area contributed by atoms with Crippen LogP contribution in [-0.2, 0) is 12.8 Å².